The standard InChI is InChI=1S/C9H8ClFO2/c1-13-9(12)7-4-6(5-10)2-3-8(7)11/h2-4H,5H2,1H3. The van der Waals surface area contributed by atoms with Gasteiger partial charge in [0, 0.05) is 5.88 Å². The summed E-state index contributed by atoms with van der Waals surface area (Å²) in [6.07, 6.45) is 0. The van der Waals surface area contributed by atoms with Gasteiger partial charge in [-0.3, -0.25) is 0 Å². The summed E-state index contributed by atoms with van der Waals surface area (Å²) in [5.41, 5.74) is 0.601. The quantitative estimate of drug-likeness (QED) is 0.544. The van der Waals surface area contributed by atoms with Crippen LogP contribution in [0.5, 0.6) is 0 Å². The number of ether oxygens (including phenoxy) is 1. The molecule has 1 rings (SSSR count). The number of carbonyl (C=O) groups excluding carboxylic acids is 1. The van der Waals surface area contributed by atoms with Crippen molar-refractivity contribution in [3.63, 3.8) is 0 Å². The molecule has 0 bridgehead atoms. The van der Waals surface area contributed by atoms with Crippen molar-refractivity contribution in [2.24, 2.45) is 0 Å². The van der Waals surface area contributed by atoms with Crippen LogP contribution in [0, 0.1) is 5.82 Å². The van der Waals surface area contributed by atoms with E-state index in [1.54, 1.807) is 0 Å². The van der Waals surface area contributed by atoms with Crippen molar-refractivity contribution in [3.05, 3.63) is 35.1 Å². The maximum atomic E-state index is 13.0. The van der Waals surface area contributed by atoms with Gasteiger partial charge in [0.2, 0.25) is 0 Å². The van der Waals surface area contributed by atoms with Gasteiger partial charge < -0.3 is 4.74 Å². The summed E-state index contributed by atoms with van der Waals surface area (Å²) in [7, 11) is 1.20. The van der Waals surface area contributed by atoms with Crippen LogP contribution in [0.4, 0.5) is 4.39 Å². The zero-order valence-electron chi connectivity index (χ0n) is 7.01. The minimum Gasteiger partial charge on any atom is -0.465 e. The van der Waals surface area contributed by atoms with Gasteiger partial charge in [-0.25, -0.2) is 9.18 Å². The molecule has 0 aliphatic heterocycles. The van der Waals surface area contributed by atoms with Crippen LogP contribution in [-0.2, 0) is 10.6 Å². The Bertz CT molecular complexity index is 325. The van der Waals surface area contributed by atoms with E-state index in [0.717, 1.165) is 0 Å². The first-order chi connectivity index (χ1) is 6.19. The first kappa shape index (κ1) is 9.99. The Morgan fingerprint density at radius 3 is 2.85 bits per heavy atom. The van der Waals surface area contributed by atoms with E-state index >= 15 is 0 Å². The van der Waals surface area contributed by atoms with E-state index in [1.165, 1.54) is 25.3 Å². The van der Waals surface area contributed by atoms with Gasteiger partial charge in [0.15, 0.2) is 0 Å². The van der Waals surface area contributed by atoms with Gasteiger partial charge in [0.1, 0.15) is 5.82 Å². The highest BCUT2D eigenvalue weighted by molar-refractivity contribution is 6.17. The Hall–Kier alpha value is -1.09. The van der Waals surface area contributed by atoms with Gasteiger partial charge in [-0.1, -0.05) is 6.07 Å². The Labute approximate surface area is 80.3 Å². The van der Waals surface area contributed by atoms with Crippen molar-refractivity contribution in [1.29, 1.82) is 0 Å². The van der Waals surface area contributed by atoms with Crippen LogP contribution in [0.1, 0.15) is 15.9 Å². The Balaban J connectivity index is 3.11. The van der Waals surface area contributed by atoms with Crippen molar-refractivity contribution >= 4 is 17.6 Å². The maximum absolute atomic E-state index is 13.0. The molecule has 0 aliphatic carbocycles. The van der Waals surface area contributed by atoms with Crippen LogP contribution in [0.3, 0.4) is 0 Å². The van der Waals surface area contributed by atoms with E-state index in [4.69, 9.17) is 11.6 Å². The molecule has 0 fully saturated rings. The second kappa shape index (κ2) is 4.23. The van der Waals surface area contributed by atoms with Gasteiger partial charge in [-0.2, -0.15) is 0 Å². The molecule has 2 nitrogen and oxygen atoms in total. The van der Waals surface area contributed by atoms with Crippen molar-refractivity contribution in [3.8, 4) is 0 Å². The number of hydrogen-bond donors (Lipinski definition) is 0. The van der Waals surface area contributed by atoms with Crippen molar-refractivity contribution in [1.82, 2.24) is 0 Å². The predicted molar refractivity (Wildman–Crippen MR) is 47.3 cm³/mol. The van der Waals surface area contributed by atoms with Crippen LogP contribution >= 0.6 is 11.6 Å². The summed E-state index contributed by atoms with van der Waals surface area (Å²) >= 11 is 5.52. The van der Waals surface area contributed by atoms with Crippen LogP contribution in [0.15, 0.2) is 18.2 Å². The van der Waals surface area contributed by atoms with Crippen molar-refractivity contribution in [2.75, 3.05) is 7.11 Å². The molecule has 0 heterocycles. The first-order valence-electron chi connectivity index (χ1n) is 3.61. The zero-order chi connectivity index (χ0) is 9.84. The first-order valence-corrected chi connectivity index (χ1v) is 4.15. The van der Waals surface area contributed by atoms with Crippen LogP contribution in [0.25, 0.3) is 0 Å². The molecule has 0 saturated carbocycles. The second-order valence-electron chi connectivity index (χ2n) is 2.44. The molecule has 0 saturated heterocycles. The Morgan fingerprint density at radius 2 is 2.31 bits per heavy atom. The number of rotatable bonds is 2. The lowest BCUT2D eigenvalue weighted by Crippen LogP contribution is -2.04. The van der Waals surface area contributed by atoms with Gasteiger partial charge >= 0.3 is 5.97 Å². The molecule has 0 atom stereocenters. The molecule has 1 aromatic rings. The molecule has 0 amide bonds. The van der Waals surface area contributed by atoms with Crippen LogP contribution in [-0.4, -0.2) is 13.1 Å². The van der Waals surface area contributed by atoms with E-state index in [9.17, 15) is 9.18 Å². The minimum atomic E-state index is -0.690. The number of benzene rings is 1. The maximum Gasteiger partial charge on any atom is 0.340 e. The summed E-state index contributed by atoms with van der Waals surface area (Å²) < 4.78 is 17.4. The lowest BCUT2D eigenvalue weighted by molar-refractivity contribution is 0.0595. The second-order valence-corrected chi connectivity index (χ2v) is 2.71. The van der Waals surface area contributed by atoms with E-state index in [1.807, 2.05) is 0 Å². The molecule has 4 heteroatoms. The third-order valence-corrected chi connectivity index (χ3v) is 1.90. The molecule has 0 unspecified atom stereocenters. The fourth-order valence-corrected chi connectivity index (χ4v) is 1.09. The highest BCUT2D eigenvalue weighted by atomic mass is 35.5. The molecule has 70 valence electrons. The van der Waals surface area contributed by atoms with E-state index in [0.29, 0.717) is 5.56 Å². The Morgan fingerprint density at radius 1 is 1.62 bits per heavy atom. The number of hydrogen-bond acceptors (Lipinski definition) is 2. The third-order valence-electron chi connectivity index (χ3n) is 1.59. The smallest absolute Gasteiger partial charge is 0.340 e. The molecule has 0 aliphatic rings. The molecular formula is C9H8ClFO2. The van der Waals surface area contributed by atoms with Gasteiger partial charge in [-0.15, -0.1) is 11.6 Å². The summed E-state index contributed by atoms with van der Waals surface area (Å²) in [6, 6.07) is 4.10. The summed E-state index contributed by atoms with van der Waals surface area (Å²) in [5, 5.41) is 0. The predicted octanol–water partition coefficient (Wildman–Crippen LogP) is 2.35. The number of esters is 1. The summed E-state index contributed by atoms with van der Waals surface area (Å²) in [5.74, 6) is -1.05. The highest BCUT2D eigenvalue weighted by Gasteiger charge is 2.11. The third kappa shape index (κ3) is 2.18. The molecule has 1 aromatic carbocycles. The Kier molecular flexibility index (Phi) is 3.25. The van der Waals surface area contributed by atoms with E-state index in [2.05, 4.69) is 4.74 Å². The lowest BCUT2D eigenvalue weighted by atomic mass is 10.1. The molecule has 0 aromatic heterocycles. The van der Waals surface area contributed by atoms with Gasteiger partial charge in [0.25, 0.3) is 0 Å². The molecule has 0 radical (unpaired) electrons. The fraction of sp³-hybridized carbons (Fsp3) is 0.222. The number of alkyl halides is 1. The normalized spacial score (nSPS) is 9.77. The zero-order valence-corrected chi connectivity index (χ0v) is 7.77. The van der Waals surface area contributed by atoms with Crippen LogP contribution in [0.2, 0.25) is 0 Å². The monoisotopic (exact) mass is 202 g/mol. The molecule has 13 heavy (non-hydrogen) atoms. The van der Waals surface area contributed by atoms with Crippen molar-refractivity contribution < 1.29 is 13.9 Å². The summed E-state index contributed by atoms with van der Waals surface area (Å²) in [6.45, 7) is 0. The van der Waals surface area contributed by atoms with Crippen LogP contribution < -0.4 is 0 Å². The molecule has 0 N–H and O–H groups in total. The van der Waals surface area contributed by atoms with Gasteiger partial charge in [-0.05, 0) is 17.7 Å². The fourth-order valence-electron chi connectivity index (χ4n) is 0.922. The number of carbonyl (C=O) groups is 1. The molecule has 0 spiro atoms. The van der Waals surface area contributed by atoms with E-state index < -0.39 is 11.8 Å². The van der Waals surface area contributed by atoms with Gasteiger partial charge in [0.05, 0.1) is 12.7 Å². The lowest BCUT2D eigenvalue weighted by Gasteiger charge is -2.02. The largest absolute Gasteiger partial charge is 0.465 e. The minimum absolute atomic E-state index is 0.0827. The van der Waals surface area contributed by atoms with Crippen molar-refractivity contribution in [2.45, 2.75) is 5.88 Å². The number of halogens is 2. The average molecular weight is 203 g/mol. The average Bonchev–Trinajstić information content (AvgIpc) is 2.17. The molecular weight excluding hydrogens is 195 g/mol. The number of methoxy groups -OCH3 is 1. The highest BCUT2D eigenvalue weighted by Crippen LogP contribution is 2.13. The topological polar surface area (TPSA) is 26.3 Å². The summed E-state index contributed by atoms with van der Waals surface area (Å²) in [4.78, 5) is 11.0. The SMILES string of the molecule is COC(=O)c1cc(CCl)ccc1F. The van der Waals surface area contributed by atoms with E-state index in [-0.39, 0.29) is 11.4 Å².